The fraction of sp³-hybridized carbons (Fsp3) is 0.233. The molecule has 0 spiro atoms. The zero-order valence-corrected chi connectivity index (χ0v) is 20.9. The summed E-state index contributed by atoms with van der Waals surface area (Å²) in [5, 5.41) is 9.88. The van der Waals surface area contributed by atoms with Crippen molar-refractivity contribution < 1.29 is 18.4 Å². The summed E-state index contributed by atoms with van der Waals surface area (Å²) in [6.45, 7) is -0.0863. The molecule has 39 heavy (non-hydrogen) atoms. The van der Waals surface area contributed by atoms with Gasteiger partial charge in [0.25, 0.3) is 5.91 Å². The number of nitrogens with zero attached hydrogens (tertiary/aromatic N) is 3. The summed E-state index contributed by atoms with van der Waals surface area (Å²) < 4.78 is 31.9. The third-order valence-electron chi connectivity index (χ3n) is 7.96. The maximum atomic E-state index is 15.6. The van der Waals surface area contributed by atoms with Crippen molar-refractivity contribution in [1.29, 1.82) is 5.26 Å². The Morgan fingerprint density at radius 3 is 2.46 bits per heavy atom. The van der Waals surface area contributed by atoms with Gasteiger partial charge < -0.3 is 20.9 Å². The van der Waals surface area contributed by atoms with E-state index < -0.39 is 17.5 Å². The van der Waals surface area contributed by atoms with Crippen LogP contribution in [0.25, 0.3) is 33.2 Å². The van der Waals surface area contributed by atoms with E-state index in [-0.39, 0.29) is 41.7 Å². The zero-order chi connectivity index (χ0) is 27.4. The topological polar surface area (TPSA) is 118 Å². The summed E-state index contributed by atoms with van der Waals surface area (Å²) in [5.74, 6) is -1.96. The molecule has 0 saturated carbocycles. The third-order valence-corrected chi connectivity index (χ3v) is 7.96. The molecule has 4 aromatic rings. The molecule has 3 atom stereocenters. The highest BCUT2D eigenvalue weighted by Gasteiger charge is 2.47. The largest absolute Gasteiger partial charge is 0.368 e. The predicted molar refractivity (Wildman–Crippen MR) is 142 cm³/mol. The lowest BCUT2D eigenvalue weighted by Gasteiger charge is -2.24. The van der Waals surface area contributed by atoms with Crippen molar-refractivity contribution in [2.75, 3.05) is 0 Å². The number of nitrogens with two attached hydrogens (primary N) is 2. The van der Waals surface area contributed by atoms with Gasteiger partial charge in [-0.15, -0.1) is 0 Å². The SMILES string of the molecule is N#Cc1ccc(-c2cc(C(=O)N3[C@@H]4CC[C@H]3[C@@H](N)C4)ccc2-c2cc3ccn(CC(N)=O)c3cc2F)cc1F. The zero-order valence-electron chi connectivity index (χ0n) is 20.9. The van der Waals surface area contributed by atoms with Crippen LogP contribution in [0.15, 0.2) is 60.8 Å². The molecule has 3 aromatic carbocycles. The molecule has 2 fully saturated rings. The summed E-state index contributed by atoms with van der Waals surface area (Å²) in [6, 6.07) is 15.7. The highest BCUT2D eigenvalue weighted by Crippen LogP contribution is 2.40. The summed E-state index contributed by atoms with van der Waals surface area (Å²) >= 11 is 0. The minimum atomic E-state index is -0.708. The van der Waals surface area contributed by atoms with Crippen LogP contribution >= 0.6 is 0 Å². The highest BCUT2D eigenvalue weighted by atomic mass is 19.1. The number of halogens is 2. The van der Waals surface area contributed by atoms with Crippen LogP contribution in [-0.4, -0.2) is 39.4 Å². The normalized spacial score (nSPS) is 19.9. The molecule has 0 radical (unpaired) electrons. The van der Waals surface area contributed by atoms with Gasteiger partial charge in [-0.1, -0.05) is 12.1 Å². The molecule has 0 unspecified atom stereocenters. The van der Waals surface area contributed by atoms with E-state index in [0.29, 0.717) is 33.2 Å². The molecule has 4 N–H and O–H groups in total. The Labute approximate surface area is 223 Å². The number of fused-ring (bicyclic) bond motifs is 3. The average Bonchev–Trinajstić information content (AvgIpc) is 3.59. The Kier molecular flexibility index (Phi) is 5.92. The number of carbonyl (C=O) groups is 2. The number of amides is 2. The molecule has 1 aromatic heterocycles. The van der Waals surface area contributed by atoms with Crippen molar-refractivity contribution >= 4 is 22.7 Å². The van der Waals surface area contributed by atoms with Crippen molar-refractivity contribution in [3.05, 3.63) is 83.6 Å². The minimum Gasteiger partial charge on any atom is -0.368 e. The molecule has 2 saturated heterocycles. The number of benzene rings is 3. The molecule has 2 amide bonds. The van der Waals surface area contributed by atoms with Crippen LogP contribution in [-0.2, 0) is 11.3 Å². The van der Waals surface area contributed by atoms with Gasteiger partial charge in [-0.05, 0) is 78.4 Å². The van der Waals surface area contributed by atoms with Crippen LogP contribution in [0.1, 0.15) is 35.2 Å². The lowest BCUT2D eigenvalue weighted by atomic mass is 9.91. The molecular formula is C30H25F2N5O2. The first-order valence-corrected chi connectivity index (χ1v) is 12.7. The predicted octanol–water partition coefficient (Wildman–Crippen LogP) is 4.31. The fourth-order valence-corrected chi connectivity index (χ4v) is 6.15. The molecule has 0 aliphatic carbocycles. The number of rotatable bonds is 5. The molecule has 2 bridgehead atoms. The lowest BCUT2D eigenvalue weighted by molar-refractivity contribution is -0.118. The number of aromatic nitrogens is 1. The van der Waals surface area contributed by atoms with Crippen molar-refractivity contribution in [3.63, 3.8) is 0 Å². The number of nitriles is 1. The quantitative estimate of drug-likeness (QED) is 0.404. The Bertz CT molecular complexity index is 1710. The summed E-state index contributed by atoms with van der Waals surface area (Å²) in [4.78, 5) is 26.9. The molecule has 2 aliphatic rings. The molecule has 2 aliphatic heterocycles. The summed E-state index contributed by atoms with van der Waals surface area (Å²) in [6.07, 6.45) is 4.20. The van der Waals surface area contributed by atoms with E-state index >= 15 is 4.39 Å². The number of hydrogen-bond donors (Lipinski definition) is 2. The fourth-order valence-electron chi connectivity index (χ4n) is 6.15. The second kappa shape index (κ2) is 9.33. The van der Waals surface area contributed by atoms with Crippen molar-refractivity contribution in [3.8, 4) is 28.3 Å². The van der Waals surface area contributed by atoms with Gasteiger partial charge >= 0.3 is 0 Å². The molecule has 196 valence electrons. The van der Waals surface area contributed by atoms with Crippen LogP contribution in [0.2, 0.25) is 0 Å². The van der Waals surface area contributed by atoms with E-state index in [2.05, 4.69) is 0 Å². The van der Waals surface area contributed by atoms with Gasteiger partial charge in [0.2, 0.25) is 5.91 Å². The first-order valence-electron chi connectivity index (χ1n) is 12.7. The van der Waals surface area contributed by atoms with Gasteiger partial charge in [0, 0.05) is 40.8 Å². The number of primary amides is 1. The highest BCUT2D eigenvalue weighted by molar-refractivity contribution is 5.99. The maximum absolute atomic E-state index is 15.6. The van der Waals surface area contributed by atoms with E-state index in [4.69, 9.17) is 11.5 Å². The van der Waals surface area contributed by atoms with Crippen LogP contribution < -0.4 is 11.5 Å². The number of carbonyl (C=O) groups excluding carboxylic acids is 2. The third kappa shape index (κ3) is 4.14. The van der Waals surface area contributed by atoms with Gasteiger partial charge in [-0.3, -0.25) is 9.59 Å². The molecular weight excluding hydrogens is 500 g/mol. The molecule has 3 heterocycles. The Morgan fingerprint density at radius 1 is 0.974 bits per heavy atom. The minimum absolute atomic E-state index is 0.0118. The second-order valence-corrected chi connectivity index (χ2v) is 10.3. The molecule has 7 nitrogen and oxygen atoms in total. The van der Waals surface area contributed by atoms with Crippen LogP contribution in [0, 0.1) is 23.0 Å². The van der Waals surface area contributed by atoms with Gasteiger partial charge in [0.15, 0.2) is 0 Å². The van der Waals surface area contributed by atoms with E-state index in [1.165, 1.54) is 18.2 Å². The van der Waals surface area contributed by atoms with Crippen molar-refractivity contribution in [2.24, 2.45) is 11.5 Å². The molecule has 6 rings (SSSR count). The van der Waals surface area contributed by atoms with Crippen molar-refractivity contribution in [1.82, 2.24) is 9.47 Å². The first kappa shape index (κ1) is 24.8. The van der Waals surface area contributed by atoms with Crippen LogP contribution in [0.3, 0.4) is 0 Å². The monoisotopic (exact) mass is 525 g/mol. The van der Waals surface area contributed by atoms with Crippen LogP contribution in [0.5, 0.6) is 0 Å². The van der Waals surface area contributed by atoms with E-state index in [0.717, 1.165) is 19.3 Å². The van der Waals surface area contributed by atoms with Crippen molar-refractivity contribution in [2.45, 2.75) is 43.9 Å². The Morgan fingerprint density at radius 2 is 1.79 bits per heavy atom. The smallest absolute Gasteiger partial charge is 0.254 e. The Hall–Kier alpha value is -4.55. The van der Waals surface area contributed by atoms with Gasteiger partial charge in [-0.25, -0.2) is 8.78 Å². The molecule has 9 heteroatoms. The first-order chi connectivity index (χ1) is 18.7. The summed E-state index contributed by atoms with van der Waals surface area (Å²) in [5.41, 5.74) is 13.9. The van der Waals surface area contributed by atoms with E-state index in [1.54, 1.807) is 47.2 Å². The van der Waals surface area contributed by atoms with Gasteiger partial charge in [-0.2, -0.15) is 5.26 Å². The van der Waals surface area contributed by atoms with E-state index in [9.17, 15) is 19.2 Å². The average molecular weight is 526 g/mol. The second-order valence-electron chi connectivity index (χ2n) is 10.3. The lowest BCUT2D eigenvalue weighted by Crippen LogP contribution is -2.40. The van der Waals surface area contributed by atoms with E-state index in [1.807, 2.05) is 11.0 Å². The standard InChI is InChI=1S/C30H25F2N5O2/c31-24-11-16(1-2-19(24)14-33)22-10-18(30(39)37-20-4-6-27(37)26(34)12-20)3-5-21(22)23-9-17-7-8-36(15-29(35)38)28(17)13-25(23)32/h1-3,5,7-11,13,20,26-27H,4,6,12,15,34H2,(H2,35,38)/t20-,26+,27+/m1/s1. The van der Waals surface area contributed by atoms with Gasteiger partial charge in [0.1, 0.15) is 24.2 Å². The number of hydrogen-bond acceptors (Lipinski definition) is 4. The van der Waals surface area contributed by atoms with Gasteiger partial charge in [0.05, 0.1) is 11.1 Å². The maximum Gasteiger partial charge on any atom is 0.254 e. The summed E-state index contributed by atoms with van der Waals surface area (Å²) in [7, 11) is 0. The van der Waals surface area contributed by atoms with Crippen LogP contribution in [0.4, 0.5) is 8.78 Å². The Balaban J connectivity index is 1.49.